The van der Waals surface area contributed by atoms with Crippen LogP contribution in [0.15, 0.2) is 42.5 Å². The first-order chi connectivity index (χ1) is 8.91. The van der Waals surface area contributed by atoms with Gasteiger partial charge in [-0.15, -0.1) is 0 Å². The van der Waals surface area contributed by atoms with Crippen LogP contribution in [-0.2, 0) is 6.18 Å². The SMILES string of the molecule is O=C(c1[c]cccc1)c1cccc(C(F)(F)F)c1Cl. The third-order valence-corrected chi connectivity index (χ3v) is 2.91. The van der Waals surface area contributed by atoms with E-state index in [2.05, 4.69) is 6.07 Å². The summed E-state index contributed by atoms with van der Waals surface area (Å²) in [6.07, 6.45) is -4.59. The van der Waals surface area contributed by atoms with Crippen molar-refractivity contribution in [2.45, 2.75) is 6.18 Å². The van der Waals surface area contributed by atoms with E-state index in [4.69, 9.17) is 11.6 Å². The lowest BCUT2D eigenvalue weighted by Gasteiger charge is -2.11. The largest absolute Gasteiger partial charge is 0.417 e. The second-order valence-corrected chi connectivity index (χ2v) is 4.15. The van der Waals surface area contributed by atoms with E-state index in [9.17, 15) is 18.0 Å². The standard InChI is InChI=1S/C14H7ClF3O/c15-12-10(7-4-8-11(12)14(16,17)18)13(19)9-5-2-1-3-6-9/h1-5,7-8H. The minimum atomic E-state index is -4.59. The lowest BCUT2D eigenvalue weighted by molar-refractivity contribution is -0.137. The van der Waals surface area contributed by atoms with Crippen molar-refractivity contribution in [1.29, 1.82) is 0 Å². The van der Waals surface area contributed by atoms with Gasteiger partial charge in [0, 0.05) is 11.1 Å². The van der Waals surface area contributed by atoms with Crippen LogP contribution >= 0.6 is 11.6 Å². The van der Waals surface area contributed by atoms with Gasteiger partial charge in [0.1, 0.15) is 0 Å². The molecule has 0 saturated carbocycles. The monoisotopic (exact) mass is 283 g/mol. The van der Waals surface area contributed by atoms with E-state index < -0.39 is 22.5 Å². The minimum Gasteiger partial charge on any atom is -0.289 e. The molecular weight excluding hydrogens is 277 g/mol. The first-order valence-corrected chi connectivity index (χ1v) is 5.66. The van der Waals surface area contributed by atoms with Crippen molar-refractivity contribution < 1.29 is 18.0 Å². The highest BCUT2D eigenvalue weighted by Gasteiger charge is 2.34. The van der Waals surface area contributed by atoms with Gasteiger partial charge in [-0.05, 0) is 18.2 Å². The molecule has 0 fully saturated rings. The quantitative estimate of drug-likeness (QED) is 0.747. The molecule has 2 rings (SSSR count). The van der Waals surface area contributed by atoms with Gasteiger partial charge in [0.05, 0.1) is 10.6 Å². The van der Waals surface area contributed by atoms with Crippen LogP contribution in [0.5, 0.6) is 0 Å². The Hall–Kier alpha value is -1.81. The van der Waals surface area contributed by atoms with Crippen LogP contribution in [0.1, 0.15) is 21.5 Å². The van der Waals surface area contributed by atoms with E-state index in [1.165, 1.54) is 18.2 Å². The Balaban J connectivity index is 2.50. The summed E-state index contributed by atoms with van der Waals surface area (Å²) in [7, 11) is 0. The molecular formula is C14H7ClF3O. The normalized spacial score (nSPS) is 11.4. The average Bonchev–Trinajstić information content (AvgIpc) is 2.38. The maximum Gasteiger partial charge on any atom is 0.417 e. The molecule has 0 bridgehead atoms. The summed E-state index contributed by atoms with van der Waals surface area (Å²) in [4.78, 5) is 12.1. The van der Waals surface area contributed by atoms with Gasteiger partial charge < -0.3 is 0 Å². The predicted octanol–water partition coefficient (Wildman–Crippen LogP) is 4.39. The summed E-state index contributed by atoms with van der Waals surface area (Å²) in [6, 6.07) is 12.2. The first-order valence-electron chi connectivity index (χ1n) is 5.28. The molecule has 5 heteroatoms. The van der Waals surface area contributed by atoms with Crippen molar-refractivity contribution in [3.63, 3.8) is 0 Å². The van der Waals surface area contributed by atoms with Gasteiger partial charge in [-0.25, -0.2) is 0 Å². The molecule has 0 unspecified atom stereocenters. The molecule has 97 valence electrons. The number of carbonyl (C=O) groups is 1. The molecule has 0 spiro atoms. The third kappa shape index (κ3) is 2.79. The number of benzene rings is 2. The maximum atomic E-state index is 12.7. The van der Waals surface area contributed by atoms with E-state index in [0.717, 1.165) is 12.1 Å². The number of carbonyl (C=O) groups excluding carboxylic acids is 1. The molecule has 0 heterocycles. The summed E-state index contributed by atoms with van der Waals surface area (Å²) in [5.74, 6) is -0.586. The van der Waals surface area contributed by atoms with Gasteiger partial charge >= 0.3 is 6.18 Å². The van der Waals surface area contributed by atoms with Gasteiger partial charge in [0.15, 0.2) is 5.78 Å². The molecule has 0 aliphatic rings. The fraction of sp³-hybridized carbons (Fsp3) is 0.0714. The average molecular weight is 284 g/mol. The van der Waals surface area contributed by atoms with Crippen LogP contribution in [0.3, 0.4) is 0 Å². The highest BCUT2D eigenvalue weighted by Crippen LogP contribution is 2.36. The number of hydrogen-bond acceptors (Lipinski definition) is 1. The summed E-state index contributed by atoms with van der Waals surface area (Å²) in [6.45, 7) is 0. The molecule has 2 aromatic rings. The Morgan fingerprint density at radius 2 is 1.84 bits per heavy atom. The lowest BCUT2D eigenvalue weighted by atomic mass is 10.0. The fourth-order valence-electron chi connectivity index (χ4n) is 1.61. The fourth-order valence-corrected chi connectivity index (χ4v) is 1.92. The Morgan fingerprint density at radius 3 is 2.42 bits per heavy atom. The summed E-state index contributed by atoms with van der Waals surface area (Å²) < 4.78 is 38.1. The third-order valence-electron chi connectivity index (χ3n) is 2.50. The molecule has 1 radical (unpaired) electrons. The molecule has 0 aliphatic carbocycles. The first kappa shape index (κ1) is 13.6. The van der Waals surface area contributed by atoms with E-state index in [1.54, 1.807) is 12.1 Å². The zero-order valence-electron chi connectivity index (χ0n) is 9.46. The van der Waals surface area contributed by atoms with Gasteiger partial charge in [-0.3, -0.25) is 4.79 Å². The number of ketones is 1. The van der Waals surface area contributed by atoms with Gasteiger partial charge in [0.2, 0.25) is 0 Å². The minimum absolute atomic E-state index is 0.170. The van der Waals surface area contributed by atoms with Crippen LogP contribution in [0.2, 0.25) is 5.02 Å². The zero-order valence-corrected chi connectivity index (χ0v) is 10.2. The second kappa shape index (κ2) is 5.05. The Bertz CT molecular complexity index is 606. The molecule has 0 saturated heterocycles. The second-order valence-electron chi connectivity index (χ2n) is 3.77. The molecule has 0 aromatic heterocycles. The van der Waals surface area contributed by atoms with E-state index in [0.29, 0.717) is 0 Å². The Labute approximate surface area is 112 Å². The van der Waals surface area contributed by atoms with E-state index in [-0.39, 0.29) is 11.1 Å². The summed E-state index contributed by atoms with van der Waals surface area (Å²) in [5, 5.41) is -0.586. The molecule has 2 aromatic carbocycles. The van der Waals surface area contributed by atoms with Gasteiger partial charge in [-0.2, -0.15) is 13.2 Å². The molecule has 1 nitrogen and oxygen atoms in total. The molecule has 0 atom stereocenters. The van der Waals surface area contributed by atoms with Crippen LogP contribution in [-0.4, -0.2) is 5.78 Å². The molecule has 0 amide bonds. The Kier molecular flexibility index (Phi) is 3.62. The van der Waals surface area contributed by atoms with Crippen molar-refractivity contribution in [2.75, 3.05) is 0 Å². The summed E-state index contributed by atoms with van der Waals surface area (Å²) in [5.41, 5.74) is -1.03. The number of halogens is 4. The van der Waals surface area contributed by atoms with E-state index >= 15 is 0 Å². The number of rotatable bonds is 2. The number of hydrogen-bond donors (Lipinski definition) is 0. The van der Waals surface area contributed by atoms with Gasteiger partial charge in [0.25, 0.3) is 0 Å². The molecule has 0 aliphatic heterocycles. The van der Waals surface area contributed by atoms with Crippen molar-refractivity contribution in [3.05, 3.63) is 70.2 Å². The maximum absolute atomic E-state index is 12.7. The summed E-state index contributed by atoms with van der Waals surface area (Å²) >= 11 is 5.68. The van der Waals surface area contributed by atoms with Crippen LogP contribution in [0, 0.1) is 6.07 Å². The van der Waals surface area contributed by atoms with Crippen molar-refractivity contribution in [2.24, 2.45) is 0 Å². The van der Waals surface area contributed by atoms with Crippen molar-refractivity contribution in [1.82, 2.24) is 0 Å². The molecule has 19 heavy (non-hydrogen) atoms. The highest BCUT2D eigenvalue weighted by molar-refractivity contribution is 6.35. The zero-order chi connectivity index (χ0) is 14.0. The molecule has 0 N–H and O–H groups in total. The topological polar surface area (TPSA) is 17.1 Å². The van der Waals surface area contributed by atoms with Crippen LogP contribution < -0.4 is 0 Å². The Morgan fingerprint density at radius 1 is 1.11 bits per heavy atom. The lowest BCUT2D eigenvalue weighted by Crippen LogP contribution is -2.10. The van der Waals surface area contributed by atoms with E-state index in [1.807, 2.05) is 0 Å². The smallest absolute Gasteiger partial charge is 0.289 e. The van der Waals surface area contributed by atoms with Crippen molar-refractivity contribution in [3.8, 4) is 0 Å². The van der Waals surface area contributed by atoms with Gasteiger partial charge in [-0.1, -0.05) is 41.9 Å². The number of alkyl halides is 3. The van der Waals surface area contributed by atoms with Crippen molar-refractivity contribution >= 4 is 17.4 Å². The van der Waals surface area contributed by atoms with Crippen LogP contribution in [0.25, 0.3) is 0 Å². The predicted molar refractivity (Wildman–Crippen MR) is 65.2 cm³/mol. The van der Waals surface area contributed by atoms with Crippen LogP contribution in [0.4, 0.5) is 13.2 Å². The highest BCUT2D eigenvalue weighted by atomic mass is 35.5.